The van der Waals surface area contributed by atoms with Crippen LogP contribution < -0.4 is 10.1 Å². The number of nitrogens with zero attached hydrogens (tertiary/aromatic N) is 1. The number of rotatable bonds is 4. The molecule has 1 heterocycles. The molecule has 0 fully saturated rings. The Labute approximate surface area is 162 Å². The van der Waals surface area contributed by atoms with Crippen molar-refractivity contribution in [2.45, 2.75) is 33.1 Å². The summed E-state index contributed by atoms with van der Waals surface area (Å²) in [5.41, 5.74) is 3.63. The molecule has 6 heteroatoms. The molecule has 26 heavy (non-hydrogen) atoms. The van der Waals surface area contributed by atoms with Crippen molar-refractivity contribution < 1.29 is 9.53 Å². The van der Waals surface area contributed by atoms with Crippen molar-refractivity contribution in [1.29, 1.82) is 5.26 Å². The first kappa shape index (κ1) is 18.6. The monoisotopic (exact) mass is 384 g/mol. The highest BCUT2D eigenvalue weighted by Crippen LogP contribution is 2.35. The van der Waals surface area contributed by atoms with Gasteiger partial charge in [0.25, 0.3) is 5.91 Å². The Bertz CT molecular complexity index is 944. The van der Waals surface area contributed by atoms with Gasteiger partial charge < -0.3 is 10.1 Å². The van der Waals surface area contributed by atoms with Crippen LogP contribution in [0.2, 0.25) is 0 Å². The number of ether oxygens (including phenoxy) is 1. The van der Waals surface area contributed by atoms with Crippen LogP contribution in [-0.2, 0) is 17.6 Å². The Balaban J connectivity index is 1.78. The molecule has 1 aliphatic carbocycles. The molecule has 0 radical (unpaired) electrons. The number of aryl methyl sites for hydroxylation is 1. The normalized spacial score (nSPS) is 15.7. The van der Waals surface area contributed by atoms with Crippen molar-refractivity contribution in [1.82, 2.24) is 0 Å². The molecule has 1 aromatic heterocycles. The van der Waals surface area contributed by atoms with E-state index in [9.17, 15) is 10.1 Å². The summed E-state index contributed by atoms with van der Waals surface area (Å²) in [5.74, 6) is 0.959. The number of nitriles is 1. The van der Waals surface area contributed by atoms with Crippen LogP contribution in [0.3, 0.4) is 0 Å². The van der Waals surface area contributed by atoms with Gasteiger partial charge >= 0.3 is 0 Å². The third-order valence-corrected chi connectivity index (χ3v) is 6.03. The largest absolute Gasteiger partial charge is 0.483 e. The smallest absolute Gasteiger partial charge is 0.262 e. The summed E-state index contributed by atoms with van der Waals surface area (Å²) >= 11 is 6.83. The average Bonchev–Trinajstić information content (AvgIpc) is 2.62. The number of carbonyl (C=O) groups excluding carboxylic acids is 1. The van der Waals surface area contributed by atoms with Gasteiger partial charge in [0.15, 0.2) is 6.61 Å². The van der Waals surface area contributed by atoms with E-state index in [0.717, 1.165) is 39.8 Å². The molecule has 1 aromatic carbocycles. The van der Waals surface area contributed by atoms with Crippen molar-refractivity contribution in [3.63, 3.8) is 0 Å². The number of benzene rings is 1. The first-order valence-corrected chi connectivity index (χ1v) is 9.79. The second kappa shape index (κ2) is 7.98. The summed E-state index contributed by atoms with van der Waals surface area (Å²) in [4.78, 5) is 12.3. The van der Waals surface area contributed by atoms with Crippen molar-refractivity contribution in [3.05, 3.63) is 50.3 Å². The summed E-state index contributed by atoms with van der Waals surface area (Å²) in [5, 5.41) is 13.0. The quantitative estimate of drug-likeness (QED) is 0.769. The topological polar surface area (TPSA) is 62.1 Å². The van der Waals surface area contributed by atoms with Crippen LogP contribution >= 0.6 is 23.6 Å². The molecular weight excluding hydrogens is 364 g/mol. The van der Waals surface area contributed by atoms with Crippen LogP contribution in [0.15, 0.2) is 24.3 Å². The number of fused-ring (bicyclic) bond motifs is 1. The number of hydrogen-bond donors (Lipinski definition) is 1. The van der Waals surface area contributed by atoms with Crippen LogP contribution in [-0.4, -0.2) is 12.5 Å². The maximum atomic E-state index is 12.3. The molecule has 0 bridgehead atoms. The van der Waals surface area contributed by atoms with E-state index >= 15 is 0 Å². The van der Waals surface area contributed by atoms with Gasteiger partial charge in [-0.1, -0.05) is 37.3 Å². The zero-order chi connectivity index (χ0) is 18.7. The standard InChI is InChI=1S/C20H20N2O2S2/c1-12-7-8-14-15(9-12)20(25)26-19(16(14)10-21)22-18(23)11-24-17-6-4-3-5-13(17)2/h3-6,12H,7-9,11H2,1-2H3,(H,22,23). The van der Waals surface area contributed by atoms with Gasteiger partial charge in [0.05, 0.1) is 9.39 Å². The fraction of sp³-hybridized carbons (Fsp3) is 0.350. The Morgan fingerprint density at radius 1 is 1.42 bits per heavy atom. The van der Waals surface area contributed by atoms with E-state index in [0.29, 0.717) is 22.2 Å². The van der Waals surface area contributed by atoms with E-state index in [2.05, 4.69) is 18.3 Å². The highest BCUT2D eigenvalue weighted by molar-refractivity contribution is 7.73. The number of anilines is 1. The van der Waals surface area contributed by atoms with Gasteiger partial charge in [-0.15, -0.1) is 11.3 Å². The lowest BCUT2D eigenvalue weighted by Crippen LogP contribution is -2.21. The van der Waals surface area contributed by atoms with Gasteiger partial charge in [0, 0.05) is 0 Å². The molecule has 134 valence electrons. The zero-order valence-corrected chi connectivity index (χ0v) is 16.4. The minimum absolute atomic E-state index is 0.108. The minimum Gasteiger partial charge on any atom is -0.483 e. The van der Waals surface area contributed by atoms with Gasteiger partial charge in [-0.25, -0.2) is 0 Å². The molecule has 0 saturated heterocycles. The second-order valence-corrected chi connectivity index (χ2v) is 8.30. The van der Waals surface area contributed by atoms with Crippen LogP contribution in [0, 0.1) is 28.0 Å². The Morgan fingerprint density at radius 2 is 2.19 bits per heavy atom. The molecule has 3 rings (SSSR count). The van der Waals surface area contributed by atoms with Crippen LogP contribution in [0.5, 0.6) is 5.75 Å². The molecule has 0 saturated carbocycles. The lowest BCUT2D eigenvalue weighted by atomic mass is 9.85. The Morgan fingerprint density at radius 3 is 2.92 bits per heavy atom. The maximum absolute atomic E-state index is 12.3. The van der Waals surface area contributed by atoms with Crippen LogP contribution in [0.25, 0.3) is 0 Å². The Hall–Kier alpha value is -2.23. The molecule has 1 N–H and O–H groups in total. The van der Waals surface area contributed by atoms with Crippen LogP contribution in [0.4, 0.5) is 5.00 Å². The molecule has 2 aromatic rings. The van der Waals surface area contributed by atoms with E-state index < -0.39 is 0 Å². The maximum Gasteiger partial charge on any atom is 0.262 e. The predicted molar refractivity (Wildman–Crippen MR) is 106 cm³/mol. The van der Waals surface area contributed by atoms with E-state index in [4.69, 9.17) is 17.0 Å². The van der Waals surface area contributed by atoms with Crippen molar-refractivity contribution in [2.75, 3.05) is 11.9 Å². The number of carbonyl (C=O) groups is 1. The molecule has 1 amide bonds. The summed E-state index contributed by atoms with van der Waals surface area (Å²) < 4.78 is 6.35. The molecule has 1 atom stereocenters. The van der Waals surface area contributed by atoms with E-state index in [1.807, 2.05) is 31.2 Å². The van der Waals surface area contributed by atoms with E-state index in [1.165, 1.54) is 11.3 Å². The van der Waals surface area contributed by atoms with Gasteiger partial charge in [0.2, 0.25) is 0 Å². The van der Waals surface area contributed by atoms with Gasteiger partial charge in [-0.05, 0) is 54.9 Å². The lowest BCUT2D eigenvalue weighted by Gasteiger charge is -2.23. The summed E-state index contributed by atoms with van der Waals surface area (Å²) in [7, 11) is 0. The second-order valence-electron chi connectivity index (χ2n) is 6.61. The molecule has 0 spiro atoms. The summed E-state index contributed by atoms with van der Waals surface area (Å²) in [6.07, 6.45) is 2.78. The van der Waals surface area contributed by atoms with Crippen molar-refractivity contribution in [2.24, 2.45) is 5.92 Å². The average molecular weight is 385 g/mol. The van der Waals surface area contributed by atoms with E-state index in [1.54, 1.807) is 0 Å². The molecule has 4 nitrogen and oxygen atoms in total. The molecule has 0 aliphatic heterocycles. The summed E-state index contributed by atoms with van der Waals surface area (Å²) in [6.45, 7) is 4.02. The molecule has 1 aliphatic rings. The first-order chi connectivity index (χ1) is 12.5. The number of nitrogens with one attached hydrogen (secondary N) is 1. The predicted octanol–water partition coefficient (Wildman–Crippen LogP) is 4.80. The van der Waals surface area contributed by atoms with Gasteiger partial charge in [0.1, 0.15) is 16.8 Å². The van der Waals surface area contributed by atoms with Crippen molar-refractivity contribution >= 4 is 34.5 Å². The fourth-order valence-electron chi connectivity index (χ4n) is 3.17. The summed E-state index contributed by atoms with van der Waals surface area (Å²) in [6, 6.07) is 9.80. The number of amides is 1. The molecular formula is C20H20N2O2S2. The number of hydrogen-bond acceptors (Lipinski definition) is 5. The number of para-hydroxylation sites is 1. The minimum atomic E-state index is -0.292. The van der Waals surface area contributed by atoms with Gasteiger partial charge in [-0.2, -0.15) is 5.26 Å². The SMILES string of the molecule is Cc1ccccc1OCC(=O)Nc1sc(=S)c2c(c1C#N)CCC(C)C2. The van der Waals surface area contributed by atoms with Gasteiger partial charge in [-0.3, -0.25) is 4.79 Å². The lowest BCUT2D eigenvalue weighted by molar-refractivity contribution is -0.118. The molecule has 1 unspecified atom stereocenters. The fourth-order valence-corrected chi connectivity index (χ4v) is 4.58. The zero-order valence-electron chi connectivity index (χ0n) is 14.8. The van der Waals surface area contributed by atoms with E-state index in [-0.39, 0.29) is 12.5 Å². The highest BCUT2D eigenvalue weighted by Gasteiger charge is 2.23. The third-order valence-electron chi connectivity index (χ3n) is 4.59. The van der Waals surface area contributed by atoms with Crippen molar-refractivity contribution in [3.8, 4) is 11.8 Å². The van der Waals surface area contributed by atoms with Crippen LogP contribution in [0.1, 0.15) is 35.6 Å². The first-order valence-electron chi connectivity index (χ1n) is 8.56. The Kier molecular flexibility index (Phi) is 5.70. The third kappa shape index (κ3) is 3.95. The highest BCUT2D eigenvalue weighted by atomic mass is 32.1.